The highest BCUT2D eigenvalue weighted by Crippen LogP contribution is 2.65. The third-order valence-corrected chi connectivity index (χ3v) is 16.4. The Morgan fingerprint density at radius 3 is 1.47 bits per heavy atom. The van der Waals surface area contributed by atoms with Crippen LogP contribution < -0.4 is 0 Å². The first-order valence-electron chi connectivity index (χ1n) is 26.1. The average Bonchev–Trinajstić information content (AvgIpc) is 3.47. The molecule has 0 aliphatic heterocycles. The normalized spacial score (nSPS) is 24.4. The Morgan fingerprint density at radius 1 is 0.561 bits per heavy atom. The molecule has 1 aromatic rings. The fourth-order valence-corrected chi connectivity index (χ4v) is 12.6. The third kappa shape index (κ3) is 16.1. The van der Waals surface area contributed by atoms with Gasteiger partial charge in [0.15, 0.2) is 0 Å². The van der Waals surface area contributed by atoms with Crippen molar-refractivity contribution in [3.05, 3.63) is 29.3 Å². The van der Waals surface area contributed by atoms with Crippen LogP contribution in [0, 0.1) is 17.3 Å². The molecular weight excluding hydrogens is 695 g/mol. The van der Waals surface area contributed by atoms with Crippen LogP contribution in [-0.4, -0.2) is 47.0 Å². The van der Waals surface area contributed by atoms with E-state index in [1.54, 1.807) is 0 Å². The summed E-state index contributed by atoms with van der Waals surface area (Å²) in [5, 5.41) is 22.7. The highest BCUT2D eigenvalue weighted by molar-refractivity contribution is 5.40. The van der Waals surface area contributed by atoms with Gasteiger partial charge in [-0.05, 0) is 123 Å². The van der Waals surface area contributed by atoms with Gasteiger partial charge in [0.05, 0.1) is 32.3 Å². The van der Waals surface area contributed by atoms with E-state index in [-0.39, 0.29) is 5.41 Å². The van der Waals surface area contributed by atoms with E-state index in [9.17, 15) is 10.2 Å². The van der Waals surface area contributed by atoms with Gasteiger partial charge in [-0.25, -0.2) is 0 Å². The number of aromatic hydroxyl groups is 1. The fraction of sp³-hybridized carbons (Fsp3) is 0.889. The second-order valence-electron chi connectivity index (χ2n) is 20.9. The van der Waals surface area contributed by atoms with Crippen LogP contribution in [0.25, 0.3) is 0 Å². The summed E-state index contributed by atoms with van der Waals surface area (Å²) in [5.41, 5.74) is 2.42. The van der Waals surface area contributed by atoms with Crippen molar-refractivity contribution >= 4 is 0 Å². The lowest BCUT2D eigenvalue weighted by atomic mass is 9.53. The Morgan fingerprint density at radius 2 is 1.00 bits per heavy atom. The molecule has 0 amide bonds. The zero-order chi connectivity index (χ0) is 40.7. The number of unbranched alkanes of at least 4 members (excludes halogenated alkanes) is 26. The van der Waals surface area contributed by atoms with Gasteiger partial charge in [0.2, 0.25) is 0 Å². The van der Waals surface area contributed by atoms with Crippen LogP contribution in [0.4, 0.5) is 0 Å². The Kier molecular flexibility index (Phi) is 23.0. The molecule has 3 heteroatoms. The van der Waals surface area contributed by atoms with Crippen LogP contribution >= 0.6 is 0 Å². The van der Waals surface area contributed by atoms with Crippen LogP contribution in [0.5, 0.6) is 5.75 Å². The Labute approximate surface area is 355 Å². The minimum absolute atomic E-state index is 0.0509. The molecule has 0 spiro atoms. The minimum Gasteiger partial charge on any atom is -0.508 e. The van der Waals surface area contributed by atoms with Gasteiger partial charge in [-0.15, -0.1) is 0 Å². The summed E-state index contributed by atoms with van der Waals surface area (Å²) in [4.78, 5) is 0. The first-order valence-corrected chi connectivity index (χ1v) is 26.1. The van der Waals surface area contributed by atoms with Gasteiger partial charge in [0, 0.05) is 0 Å². The van der Waals surface area contributed by atoms with Crippen molar-refractivity contribution in [3.63, 3.8) is 0 Å². The number of nitrogens with zero attached hydrogens (tertiary/aromatic N) is 1. The molecule has 4 rings (SSSR count). The quantitative estimate of drug-likeness (QED) is 0.0539. The van der Waals surface area contributed by atoms with Crippen LogP contribution in [0.2, 0.25) is 0 Å². The summed E-state index contributed by atoms with van der Waals surface area (Å²) in [6, 6.07) is 6.16. The van der Waals surface area contributed by atoms with E-state index >= 15 is 0 Å². The van der Waals surface area contributed by atoms with Gasteiger partial charge in [0.25, 0.3) is 0 Å². The molecule has 0 aromatic heterocycles. The van der Waals surface area contributed by atoms with Gasteiger partial charge in [-0.2, -0.15) is 0 Å². The van der Waals surface area contributed by atoms with Crippen molar-refractivity contribution in [1.29, 1.82) is 0 Å². The first-order chi connectivity index (χ1) is 27.8. The molecule has 0 radical (unpaired) electrons. The molecule has 57 heavy (non-hydrogen) atoms. The molecule has 2 fully saturated rings. The van der Waals surface area contributed by atoms with E-state index in [1.807, 2.05) is 12.1 Å². The largest absolute Gasteiger partial charge is 0.508 e. The van der Waals surface area contributed by atoms with E-state index in [0.717, 1.165) is 25.7 Å². The number of aryl methyl sites for hydroxylation is 1. The number of quaternary nitrogens is 1. The second kappa shape index (κ2) is 27.0. The number of aliphatic hydroxyl groups is 1. The Balaban J connectivity index is 1.17. The van der Waals surface area contributed by atoms with Crippen molar-refractivity contribution in [3.8, 4) is 5.75 Å². The van der Waals surface area contributed by atoms with Crippen molar-refractivity contribution in [1.82, 2.24) is 0 Å². The van der Waals surface area contributed by atoms with E-state index in [1.165, 1.54) is 241 Å². The number of hydrogen-bond donors (Lipinski definition) is 2. The van der Waals surface area contributed by atoms with Gasteiger partial charge in [-0.1, -0.05) is 181 Å². The van der Waals surface area contributed by atoms with Crippen molar-refractivity contribution in [2.75, 3.05) is 26.7 Å². The molecule has 0 bridgehead atoms. The smallest absolute Gasteiger partial charge is 0.115 e. The average molecular weight is 793 g/mol. The molecule has 0 saturated heterocycles. The minimum atomic E-state index is -0.507. The Hall–Kier alpha value is -1.06. The number of phenols is 1. The third-order valence-electron chi connectivity index (χ3n) is 16.4. The maximum Gasteiger partial charge on any atom is 0.115 e. The van der Waals surface area contributed by atoms with E-state index in [2.05, 4.69) is 33.9 Å². The zero-order valence-corrected chi connectivity index (χ0v) is 38.9. The van der Waals surface area contributed by atoms with Crippen LogP contribution in [-0.2, 0) is 6.42 Å². The summed E-state index contributed by atoms with van der Waals surface area (Å²) in [6.45, 7) is 11.0. The first kappa shape index (κ1) is 48.6. The molecule has 330 valence electrons. The summed E-state index contributed by atoms with van der Waals surface area (Å²) >= 11 is 0. The monoisotopic (exact) mass is 793 g/mol. The van der Waals surface area contributed by atoms with Crippen LogP contribution in [0.3, 0.4) is 0 Å². The van der Waals surface area contributed by atoms with Crippen molar-refractivity contribution in [2.45, 2.75) is 263 Å². The maximum absolute atomic E-state index is 12.5. The molecule has 2 N–H and O–H groups in total. The fourth-order valence-electron chi connectivity index (χ4n) is 12.6. The van der Waals surface area contributed by atoms with Crippen LogP contribution in [0.15, 0.2) is 18.2 Å². The number of fused-ring (bicyclic) bond motifs is 5. The van der Waals surface area contributed by atoms with Gasteiger partial charge in [0.1, 0.15) is 5.75 Å². The number of phenolic OH excluding ortho intramolecular Hbond substituents is 1. The Bertz CT molecular complexity index is 1150. The molecular formula is C54H98NO2+. The molecule has 0 heterocycles. The molecule has 3 aliphatic carbocycles. The lowest BCUT2D eigenvalue weighted by Crippen LogP contribution is -2.52. The summed E-state index contributed by atoms with van der Waals surface area (Å²) < 4.78 is 1.22. The lowest BCUT2D eigenvalue weighted by Gasteiger charge is -2.53. The van der Waals surface area contributed by atoms with Gasteiger partial charge >= 0.3 is 0 Å². The number of hydrogen-bond acceptors (Lipinski definition) is 2. The SMILES string of the molecule is CCCCCCCCCCCCCCCC[N+](C)(CCCCCCCCCCCCCCCC)CCC[C@]1(O)CC[C@H]2[C@@H]3CCc4cc(O)ccc4[C@H]3CC[C@@]21C. The molecule has 3 nitrogen and oxygen atoms in total. The highest BCUT2D eigenvalue weighted by Gasteiger charge is 2.61. The molecule has 3 aliphatic rings. The molecule has 2 saturated carbocycles. The van der Waals surface area contributed by atoms with E-state index in [4.69, 9.17) is 0 Å². The second-order valence-corrected chi connectivity index (χ2v) is 20.9. The zero-order valence-electron chi connectivity index (χ0n) is 38.9. The number of rotatable bonds is 34. The van der Waals surface area contributed by atoms with Gasteiger partial charge in [-0.3, -0.25) is 0 Å². The van der Waals surface area contributed by atoms with Crippen LogP contribution in [0.1, 0.15) is 263 Å². The topological polar surface area (TPSA) is 40.5 Å². The standard InChI is InChI=1S/C54H97NO2/c1-5-7-9-11-13-15-17-19-21-23-25-27-29-31-43-55(4,44-32-30-28-26-24-22-20-18-16-14-12-10-8-6-2)45-33-40-54(57)42-39-52-51-36-34-47-46-48(56)35-37-49(47)50(51)38-41-53(52,54)3/h35,37,46,50-52,57H,5-34,36,38-45H2,1-4H3/p+1/t50-,51-,52+,53+,54+/m1/s1. The summed E-state index contributed by atoms with van der Waals surface area (Å²) in [6.07, 6.45) is 49.1. The summed E-state index contributed by atoms with van der Waals surface area (Å²) in [7, 11) is 2.58. The molecule has 5 atom stereocenters. The predicted molar refractivity (Wildman–Crippen MR) is 248 cm³/mol. The highest BCUT2D eigenvalue weighted by atomic mass is 16.3. The van der Waals surface area contributed by atoms with Crippen molar-refractivity contribution < 1.29 is 14.7 Å². The lowest BCUT2D eigenvalue weighted by molar-refractivity contribution is -0.910. The van der Waals surface area contributed by atoms with Gasteiger partial charge < -0.3 is 14.7 Å². The molecule has 1 aromatic carbocycles. The van der Waals surface area contributed by atoms with Crippen molar-refractivity contribution in [2.24, 2.45) is 17.3 Å². The van der Waals surface area contributed by atoms with E-state index < -0.39 is 5.60 Å². The number of benzene rings is 1. The molecule has 0 unspecified atom stereocenters. The summed E-state index contributed by atoms with van der Waals surface area (Å²) in [5.74, 6) is 2.36. The maximum atomic E-state index is 12.5. The predicted octanol–water partition coefficient (Wildman–Crippen LogP) is 16.2. The van der Waals surface area contributed by atoms with E-state index in [0.29, 0.717) is 23.5 Å².